The molecule has 0 aliphatic heterocycles. The number of hydrogen-bond donors (Lipinski definition) is 0. The fourth-order valence-electron chi connectivity index (χ4n) is 2.39. The van der Waals surface area contributed by atoms with E-state index >= 15 is 0 Å². The van der Waals surface area contributed by atoms with Gasteiger partial charge in [0.1, 0.15) is 0 Å². The maximum atomic E-state index is 3.60. The molecule has 0 heterocycles. The van der Waals surface area contributed by atoms with E-state index < -0.39 is 0 Å². The highest BCUT2D eigenvalue weighted by atomic mass is 79.9. The summed E-state index contributed by atoms with van der Waals surface area (Å²) < 4.78 is 0. The molecular formula is C14H20BrN. The fraction of sp³-hybridized carbons (Fsp3) is 0.571. The summed E-state index contributed by atoms with van der Waals surface area (Å²) in [5, 5.41) is 0. The molecule has 1 nitrogen and oxygen atoms in total. The summed E-state index contributed by atoms with van der Waals surface area (Å²) in [5.41, 5.74) is 3.12. The van der Waals surface area contributed by atoms with Gasteiger partial charge in [0, 0.05) is 17.3 Å². The van der Waals surface area contributed by atoms with Crippen LogP contribution in [0.5, 0.6) is 0 Å². The van der Waals surface area contributed by atoms with E-state index in [-0.39, 0.29) is 0 Å². The van der Waals surface area contributed by atoms with Crippen molar-refractivity contribution in [3.05, 3.63) is 35.4 Å². The van der Waals surface area contributed by atoms with Crippen molar-refractivity contribution >= 4 is 15.9 Å². The lowest BCUT2D eigenvalue weighted by molar-refractivity contribution is 0.296. The second-order valence-corrected chi connectivity index (χ2v) is 6.49. The number of likely N-dealkylation sites (N-methyl/N-ethyl adjacent to an activating group) is 1. The van der Waals surface area contributed by atoms with Crippen LogP contribution in [0.4, 0.5) is 0 Å². The lowest BCUT2D eigenvalue weighted by Gasteiger charge is -2.33. The minimum absolute atomic E-state index is 0.628. The predicted octanol–water partition coefficient (Wildman–Crippen LogP) is 3.43. The summed E-state index contributed by atoms with van der Waals surface area (Å²) in [5.74, 6) is 0.770. The molecule has 0 spiro atoms. The van der Waals surface area contributed by atoms with E-state index in [1.807, 2.05) is 0 Å². The zero-order valence-electron chi connectivity index (χ0n) is 10.1. The summed E-state index contributed by atoms with van der Waals surface area (Å²) in [4.78, 5) is 3.09. The van der Waals surface area contributed by atoms with Gasteiger partial charge in [-0.3, -0.25) is 0 Å². The van der Waals surface area contributed by atoms with E-state index in [1.54, 1.807) is 11.1 Å². The van der Waals surface area contributed by atoms with Gasteiger partial charge in [0.05, 0.1) is 0 Å². The Morgan fingerprint density at radius 2 is 2.19 bits per heavy atom. The number of fused-ring (bicyclic) bond motifs is 1. The standard InChI is InChI=1S/C14H20BrN/c1-11(15)7-8-16(2)10-13-9-12-5-3-4-6-14(12)13/h3-6,11,13H,7-10H2,1-2H3. The summed E-state index contributed by atoms with van der Waals surface area (Å²) in [6, 6.07) is 8.84. The van der Waals surface area contributed by atoms with E-state index in [2.05, 4.69) is 59.1 Å². The Hall–Kier alpha value is -0.340. The first-order chi connectivity index (χ1) is 7.66. The van der Waals surface area contributed by atoms with Crippen molar-refractivity contribution in [3.63, 3.8) is 0 Å². The van der Waals surface area contributed by atoms with Crippen LogP contribution < -0.4 is 0 Å². The SMILES string of the molecule is CC(Br)CCN(C)CC1Cc2ccccc21. The quantitative estimate of drug-likeness (QED) is 0.748. The molecule has 0 N–H and O–H groups in total. The maximum Gasteiger partial charge on any atom is 0.0129 e. The number of hydrogen-bond acceptors (Lipinski definition) is 1. The van der Waals surface area contributed by atoms with Gasteiger partial charge in [0.2, 0.25) is 0 Å². The molecule has 0 bridgehead atoms. The first-order valence-corrected chi connectivity index (χ1v) is 6.99. The van der Waals surface area contributed by atoms with E-state index in [4.69, 9.17) is 0 Å². The Labute approximate surface area is 107 Å². The molecule has 0 saturated heterocycles. The zero-order chi connectivity index (χ0) is 11.5. The average Bonchev–Trinajstić information content (AvgIpc) is 2.23. The number of nitrogens with zero attached hydrogens (tertiary/aromatic N) is 1. The van der Waals surface area contributed by atoms with Crippen molar-refractivity contribution in [2.24, 2.45) is 0 Å². The van der Waals surface area contributed by atoms with Crippen LogP contribution in [0.15, 0.2) is 24.3 Å². The van der Waals surface area contributed by atoms with Crippen molar-refractivity contribution < 1.29 is 0 Å². The first kappa shape index (κ1) is 12.1. The Balaban J connectivity index is 1.80. The predicted molar refractivity (Wildman–Crippen MR) is 73.4 cm³/mol. The topological polar surface area (TPSA) is 3.24 Å². The van der Waals surface area contributed by atoms with Gasteiger partial charge in [-0.2, -0.15) is 0 Å². The molecule has 0 saturated carbocycles. The van der Waals surface area contributed by atoms with Crippen molar-refractivity contribution in [1.82, 2.24) is 4.90 Å². The molecule has 0 amide bonds. The van der Waals surface area contributed by atoms with Crippen LogP contribution in [0.3, 0.4) is 0 Å². The third-order valence-electron chi connectivity index (χ3n) is 3.40. The van der Waals surface area contributed by atoms with Gasteiger partial charge < -0.3 is 4.90 Å². The van der Waals surface area contributed by atoms with Gasteiger partial charge in [-0.1, -0.05) is 47.1 Å². The molecule has 0 radical (unpaired) electrons. The van der Waals surface area contributed by atoms with Crippen LogP contribution in [0, 0.1) is 0 Å². The van der Waals surface area contributed by atoms with Gasteiger partial charge in [-0.15, -0.1) is 0 Å². The van der Waals surface area contributed by atoms with Crippen LogP contribution >= 0.6 is 15.9 Å². The van der Waals surface area contributed by atoms with Gasteiger partial charge in [-0.25, -0.2) is 0 Å². The van der Waals surface area contributed by atoms with Crippen LogP contribution in [-0.2, 0) is 6.42 Å². The molecule has 1 aliphatic rings. The molecule has 0 aromatic heterocycles. The van der Waals surface area contributed by atoms with Crippen LogP contribution in [0.1, 0.15) is 30.4 Å². The smallest absolute Gasteiger partial charge is 0.0129 e. The van der Waals surface area contributed by atoms with E-state index in [0.717, 1.165) is 5.92 Å². The van der Waals surface area contributed by atoms with Gasteiger partial charge >= 0.3 is 0 Å². The Bertz CT molecular complexity index is 348. The maximum absolute atomic E-state index is 3.60. The van der Waals surface area contributed by atoms with Crippen LogP contribution in [0.2, 0.25) is 0 Å². The van der Waals surface area contributed by atoms with Gasteiger partial charge in [0.25, 0.3) is 0 Å². The normalized spacial score (nSPS) is 20.4. The van der Waals surface area contributed by atoms with E-state index in [1.165, 1.54) is 25.9 Å². The fourth-order valence-corrected chi connectivity index (χ4v) is 2.60. The molecule has 1 aliphatic carbocycles. The van der Waals surface area contributed by atoms with Crippen molar-refractivity contribution in [2.45, 2.75) is 30.5 Å². The van der Waals surface area contributed by atoms with Crippen molar-refractivity contribution in [3.8, 4) is 0 Å². The number of alkyl halides is 1. The lowest BCUT2D eigenvalue weighted by atomic mass is 9.77. The summed E-state index contributed by atoms with van der Waals surface area (Å²) >= 11 is 3.60. The van der Waals surface area contributed by atoms with Gasteiger partial charge in [-0.05, 0) is 37.6 Å². The second kappa shape index (κ2) is 5.33. The molecular weight excluding hydrogens is 262 g/mol. The monoisotopic (exact) mass is 281 g/mol. The molecule has 2 rings (SSSR count). The molecule has 0 fully saturated rings. The third-order valence-corrected chi connectivity index (χ3v) is 3.86. The van der Waals surface area contributed by atoms with E-state index in [9.17, 15) is 0 Å². The van der Waals surface area contributed by atoms with Crippen LogP contribution in [-0.4, -0.2) is 29.9 Å². The molecule has 1 aromatic carbocycles. The molecule has 2 atom stereocenters. The number of rotatable bonds is 5. The molecule has 88 valence electrons. The highest BCUT2D eigenvalue weighted by Gasteiger charge is 2.25. The summed E-state index contributed by atoms with van der Waals surface area (Å²) in [7, 11) is 2.23. The van der Waals surface area contributed by atoms with Gasteiger partial charge in [0.15, 0.2) is 0 Å². The lowest BCUT2D eigenvalue weighted by Crippen LogP contribution is -2.32. The van der Waals surface area contributed by atoms with Crippen LogP contribution in [0.25, 0.3) is 0 Å². The highest BCUT2D eigenvalue weighted by Crippen LogP contribution is 2.35. The number of benzene rings is 1. The summed E-state index contributed by atoms with van der Waals surface area (Å²) in [6.45, 7) is 4.61. The molecule has 2 heteroatoms. The van der Waals surface area contributed by atoms with Crippen molar-refractivity contribution in [2.75, 3.05) is 20.1 Å². The van der Waals surface area contributed by atoms with E-state index in [0.29, 0.717) is 4.83 Å². The Kier molecular flexibility index (Phi) is 4.04. The average molecular weight is 282 g/mol. The zero-order valence-corrected chi connectivity index (χ0v) is 11.7. The number of halogens is 1. The first-order valence-electron chi connectivity index (χ1n) is 6.07. The highest BCUT2D eigenvalue weighted by molar-refractivity contribution is 9.09. The Morgan fingerprint density at radius 3 is 2.88 bits per heavy atom. The largest absolute Gasteiger partial charge is 0.306 e. The van der Waals surface area contributed by atoms with Crippen molar-refractivity contribution in [1.29, 1.82) is 0 Å². The Morgan fingerprint density at radius 1 is 1.44 bits per heavy atom. The minimum Gasteiger partial charge on any atom is -0.306 e. The molecule has 1 aromatic rings. The minimum atomic E-state index is 0.628. The molecule has 2 unspecified atom stereocenters. The second-order valence-electron chi connectivity index (χ2n) is 4.93. The summed E-state index contributed by atoms with van der Waals surface area (Å²) in [6.07, 6.45) is 2.50. The molecule has 16 heavy (non-hydrogen) atoms. The third kappa shape index (κ3) is 2.86.